The number of nitrogens with one attached hydrogen (secondary N) is 2. The lowest BCUT2D eigenvalue weighted by Crippen LogP contribution is -2.40. The van der Waals surface area contributed by atoms with E-state index in [1.165, 1.54) is 0 Å². The summed E-state index contributed by atoms with van der Waals surface area (Å²) >= 11 is 5.90. The third kappa shape index (κ3) is 6.39. The van der Waals surface area contributed by atoms with Crippen molar-refractivity contribution in [3.05, 3.63) is 47.2 Å². The molecule has 7 heteroatoms. The van der Waals surface area contributed by atoms with E-state index in [0.717, 1.165) is 28.8 Å². The molecule has 23 heavy (non-hydrogen) atoms. The molecule has 0 amide bonds. The van der Waals surface area contributed by atoms with Gasteiger partial charge in [0.1, 0.15) is 0 Å². The summed E-state index contributed by atoms with van der Waals surface area (Å²) in [4.78, 5) is 4.56. The number of aliphatic imine (C=N–C) groups is 1. The fourth-order valence-corrected chi connectivity index (χ4v) is 2.07. The van der Waals surface area contributed by atoms with Crippen LogP contribution in [0.5, 0.6) is 0 Å². The van der Waals surface area contributed by atoms with E-state index in [1.54, 1.807) is 0 Å². The molecule has 0 fully saturated rings. The fraction of sp³-hybridized carbons (Fsp3) is 0.375. The Morgan fingerprint density at radius 3 is 2.61 bits per heavy atom. The predicted molar refractivity (Wildman–Crippen MR) is 107 cm³/mol. The van der Waals surface area contributed by atoms with E-state index in [1.807, 2.05) is 41.3 Å². The normalized spacial score (nSPS) is 11.3. The first-order valence-electron chi connectivity index (χ1n) is 7.43. The minimum absolute atomic E-state index is 0. The van der Waals surface area contributed by atoms with Gasteiger partial charge >= 0.3 is 0 Å². The maximum absolute atomic E-state index is 5.90. The van der Waals surface area contributed by atoms with Gasteiger partial charge in [0.05, 0.1) is 18.4 Å². The topological polar surface area (TPSA) is 54.2 Å². The zero-order valence-electron chi connectivity index (χ0n) is 13.6. The SMILES string of the molecule is CCNC(=NCc1cnn(-c2ccc(Cl)cc2)c1)NC(C)C.I. The summed E-state index contributed by atoms with van der Waals surface area (Å²) in [6.07, 6.45) is 3.81. The Morgan fingerprint density at radius 2 is 2.00 bits per heavy atom. The van der Waals surface area contributed by atoms with Crippen LogP contribution in [0.15, 0.2) is 41.7 Å². The highest BCUT2D eigenvalue weighted by atomic mass is 127. The maximum atomic E-state index is 5.90. The molecule has 0 aliphatic rings. The average Bonchev–Trinajstić information content (AvgIpc) is 2.94. The molecule has 2 rings (SSSR count). The second-order valence-electron chi connectivity index (χ2n) is 5.26. The van der Waals surface area contributed by atoms with E-state index < -0.39 is 0 Å². The summed E-state index contributed by atoms with van der Waals surface area (Å²) < 4.78 is 1.82. The number of halogens is 2. The fourth-order valence-electron chi connectivity index (χ4n) is 1.94. The monoisotopic (exact) mass is 447 g/mol. The minimum Gasteiger partial charge on any atom is -0.357 e. The van der Waals surface area contributed by atoms with Crippen molar-refractivity contribution < 1.29 is 0 Å². The number of nitrogens with zero attached hydrogens (tertiary/aromatic N) is 3. The average molecular weight is 448 g/mol. The molecule has 0 saturated carbocycles. The van der Waals surface area contributed by atoms with Gasteiger partial charge in [0, 0.05) is 29.4 Å². The van der Waals surface area contributed by atoms with Gasteiger partial charge in [0.25, 0.3) is 0 Å². The second-order valence-corrected chi connectivity index (χ2v) is 5.70. The molecule has 0 aliphatic carbocycles. The number of benzene rings is 1. The quantitative estimate of drug-likeness (QED) is 0.418. The van der Waals surface area contributed by atoms with Gasteiger partial charge < -0.3 is 10.6 Å². The summed E-state index contributed by atoms with van der Waals surface area (Å²) in [5.41, 5.74) is 2.03. The first kappa shape index (κ1) is 19.8. The van der Waals surface area contributed by atoms with Crippen molar-refractivity contribution in [3.8, 4) is 5.69 Å². The Morgan fingerprint density at radius 1 is 1.30 bits per heavy atom. The van der Waals surface area contributed by atoms with Crippen molar-refractivity contribution in [3.63, 3.8) is 0 Å². The molecule has 126 valence electrons. The van der Waals surface area contributed by atoms with E-state index >= 15 is 0 Å². The highest BCUT2D eigenvalue weighted by Crippen LogP contribution is 2.13. The molecule has 0 bridgehead atoms. The molecule has 0 saturated heterocycles. The Bertz CT molecular complexity index is 622. The zero-order valence-corrected chi connectivity index (χ0v) is 16.7. The third-order valence-electron chi connectivity index (χ3n) is 2.92. The molecule has 5 nitrogen and oxygen atoms in total. The number of rotatable bonds is 5. The van der Waals surface area contributed by atoms with Gasteiger partial charge in [-0.25, -0.2) is 9.67 Å². The molecule has 0 radical (unpaired) electrons. The molecular formula is C16H23ClIN5. The van der Waals surface area contributed by atoms with Gasteiger partial charge in [0.15, 0.2) is 5.96 Å². The van der Waals surface area contributed by atoms with E-state index in [2.05, 4.69) is 41.5 Å². The van der Waals surface area contributed by atoms with Crippen LogP contribution in [-0.4, -0.2) is 28.3 Å². The summed E-state index contributed by atoms with van der Waals surface area (Å²) in [5, 5.41) is 11.6. The smallest absolute Gasteiger partial charge is 0.191 e. The molecule has 1 aromatic heterocycles. The summed E-state index contributed by atoms with van der Waals surface area (Å²) in [7, 11) is 0. The maximum Gasteiger partial charge on any atom is 0.191 e. The Kier molecular flexibility index (Phi) is 8.40. The molecule has 0 aliphatic heterocycles. The molecular weight excluding hydrogens is 425 g/mol. The standard InChI is InChI=1S/C16H22ClN5.HI/c1-4-18-16(21-12(2)3)19-9-13-10-20-22(11-13)15-7-5-14(17)6-8-15;/h5-8,10-12H,4,9H2,1-3H3,(H2,18,19,21);1H. The zero-order chi connectivity index (χ0) is 15.9. The molecule has 2 aromatic rings. The van der Waals surface area contributed by atoms with Crippen LogP contribution in [0.25, 0.3) is 5.69 Å². The number of hydrogen-bond acceptors (Lipinski definition) is 2. The van der Waals surface area contributed by atoms with Crippen LogP contribution in [0.4, 0.5) is 0 Å². The number of hydrogen-bond donors (Lipinski definition) is 2. The van der Waals surface area contributed by atoms with E-state index in [-0.39, 0.29) is 24.0 Å². The Balaban J connectivity index is 0.00000264. The molecule has 0 atom stereocenters. The van der Waals surface area contributed by atoms with Gasteiger partial charge in [-0.3, -0.25) is 0 Å². The van der Waals surface area contributed by atoms with E-state index in [0.29, 0.717) is 12.6 Å². The van der Waals surface area contributed by atoms with Crippen LogP contribution >= 0.6 is 35.6 Å². The summed E-state index contributed by atoms with van der Waals surface area (Å²) in [6.45, 7) is 7.64. The predicted octanol–water partition coefficient (Wildman–Crippen LogP) is 3.61. The van der Waals surface area contributed by atoms with Crippen molar-refractivity contribution in [2.24, 2.45) is 4.99 Å². The summed E-state index contributed by atoms with van der Waals surface area (Å²) in [6, 6.07) is 7.92. The van der Waals surface area contributed by atoms with Crippen molar-refractivity contribution in [1.29, 1.82) is 0 Å². The number of aromatic nitrogens is 2. The van der Waals surface area contributed by atoms with Crippen LogP contribution in [0.2, 0.25) is 5.02 Å². The molecule has 1 aromatic carbocycles. The van der Waals surface area contributed by atoms with Gasteiger partial charge in [-0.15, -0.1) is 24.0 Å². The van der Waals surface area contributed by atoms with Crippen molar-refractivity contribution >= 4 is 41.5 Å². The first-order chi connectivity index (χ1) is 10.6. The molecule has 0 unspecified atom stereocenters. The Hall–Kier alpha value is -1.28. The van der Waals surface area contributed by atoms with Gasteiger partial charge in [-0.05, 0) is 45.0 Å². The molecule has 2 N–H and O–H groups in total. The van der Waals surface area contributed by atoms with Crippen molar-refractivity contribution in [1.82, 2.24) is 20.4 Å². The molecule has 1 heterocycles. The van der Waals surface area contributed by atoms with Crippen LogP contribution in [-0.2, 0) is 6.54 Å². The highest BCUT2D eigenvalue weighted by molar-refractivity contribution is 14.0. The van der Waals surface area contributed by atoms with Gasteiger partial charge in [-0.1, -0.05) is 11.6 Å². The Labute approximate surface area is 159 Å². The second kappa shape index (κ2) is 9.77. The molecule has 0 spiro atoms. The van der Waals surface area contributed by atoms with Crippen LogP contribution in [0, 0.1) is 0 Å². The lowest BCUT2D eigenvalue weighted by molar-refractivity contribution is 0.700. The van der Waals surface area contributed by atoms with E-state index in [4.69, 9.17) is 11.6 Å². The lowest BCUT2D eigenvalue weighted by atomic mass is 10.3. The number of guanidine groups is 1. The summed E-state index contributed by atoms with van der Waals surface area (Å²) in [5.74, 6) is 0.816. The van der Waals surface area contributed by atoms with Gasteiger partial charge in [-0.2, -0.15) is 5.10 Å². The first-order valence-corrected chi connectivity index (χ1v) is 7.80. The van der Waals surface area contributed by atoms with Crippen molar-refractivity contribution in [2.75, 3.05) is 6.54 Å². The minimum atomic E-state index is 0. The third-order valence-corrected chi connectivity index (χ3v) is 3.17. The van der Waals surface area contributed by atoms with E-state index in [9.17, 15) is 0 Å². The highest BCUT2D eigenvalue weighted by Gasteiger charge is 2.03. The van der Waals surface area contributed by atoms with Crippen molar-refractivity contribution in [2.45, 2.75) is 33.4 Å². The van der Waals surface area contributed by atoms with Crippen LogP contribution in [0.3, 0.4) is 0 Å². The lowest BCUT2D eigenvalue weighted by Gasteiger charge is -2.13. The van der Waals surface area contributed by atoms with Crippen LogP contribution < -0.4 is 10.6 Å². The van der Waals surface area contributed by atoms with Gasteiger partial charge in [0.2, 0.25) is 0 Å². The van der Waals surface area contributed by atoms with Crippen LogP contribution in [0.1, 0.15) is 26.3 Å². The largest absolute Gasteiger partial charge is 0.357 e.